The number of piperidine rings is 1. The predicted octanol–water partition coefficient (Wildman–Crippen LogP) is 6.78. The summed E-state index contributed by atoms with van der Waals surface area (Å²) >= 11 is 0. The number of benzene rings is 2. The van der Waals surface area contributed by atoms with E-state index in [0.717, 1.165) is 18.3 Å². The van der Waals surface area contributed by atoms with Gasteiger partial charge in [-0.2, -0.15) is 0 Å². The summed E-state index contributed by atoms with van der Waals surface area (Å²) in [5, 5.41) is 9.90. The van der Waals surface area contributed by atoms with Gasteiger partial charge in [0.05, 0.1) is 25.2 Å². The van der Waals surface area contributed by atoms with Crippen LogP contribution in [0.1, 0.15) is 55.8 Å². The first kappa shape index (κ1) is 28.7. The zero-order valence-electron chi connectivity index (χ0n) is 21.7. The van der Waals surface area contributed by atoms with Crippen molar-refractivity contribution < 1.29 is 36.6 Å². The molecule has 0 radical (unpaired) electrons. The summed E-state index contributed by atoms with van der Waals surface area (Å²) in [6.07, 6.45) is 1.47. The molecule has 0 amide bonds. The minimum Gasteiger partial charge on any atom is -0.497 e. The highest BCUT2D eigenvalue weighted by Gasteiger charge is 2.37. The van der Waals surface area contributed by atoms with Crippen molar-refractivity contribution in [3.8, 4) is 5.75 Å². The average molecular weight is 551 g/mol. The normalized spacial score (nSPS) is 16.4. The number of fused-ring (bicyclic) bond motifs is 1. The van der Waals surface area contributed by atoms with Crippen LogP contribution >= 0.6 is 0 Å². The minimum absolute atomic E-state index is 0.0395. The van der Waals surface area contributed by atoms with E-state index in [1.165, 1.54) is 7.11 Å². The zero-order valence-corrected chi connectivity index (χ0v) is 21.7. The van der Waals surface area contributed by atoms with E-state index in [2.05, 4.69) is 9.88 Å². The summed E-state index contributed by atoms with van der Waals surface area (Å²) in [5.74, 6) is -5.19. The minimum atomic E-state index is -1.65. The number of carboxylic acid groups (broad SMARTS) is 1. The van der Waals surface area contributed by atoms with Gasteiger partial charge in [0, 0.05) is 10.9 Å². The van der Waals surface area contributed by atoms with Gasteiger partial charge in [-0.05, 0) is 99.5 Å². The van der Waals surface area contributed by atoms with Crippen LogP contribution in [0.25, 0.3) is 10.9 Å². The first-order valence-electron chi connectivity index (χ1n) is 12.9. The van der Waals surface area contributed by atoms with Gasteiger partial charge < -0.3 is 14.7 Å². The highest BCUT2D eigenvalue weighted by Crippen LogP contribution is 2.43. The third kappa shape index (κ3) is 6.84. The molecule has 3 aromatic rings. The highest BCUT2D eigenvalue weighted by molar-refractivity contribution is 5.84. The Morgan fingerprint density at radius 1 is 1.10 bits per heavy atom. The Kier molecular flexibility index (Phi) is 9.04. The molecule has 1 atom stereocenters. The second-order valence-electron chi connectivity index (χ2n) is 10.3. The lowest BCUT2D eigenvalue weighted by Gasteiger charge is -2.41. The fourth-order valence-electron chi connectivity index (χ4n) is 5.54. The van der Waals surface area contributed by atoms with Crippen LogP contribution in [0.2, 0.25) is 0 Å². The quantitative estimate of drug-likeness (QED) is 0.211. The summed E-state index contributed by atoms with van der Waals surface area (Å²) in [5.41, 5.74) is 0.0727. The van der Waals surface area contributed by atoms with Gasteiger partial charge in [-0.3, -0.25) is 9.78 Å². The van der Waals surface area contributed by atoms with Crippen LogP contribution in [0, 0.1) is 28.7 Å². The lowest BCUT2D eigenvalue weighted by molar-refractivity contribution is -0.141. The third-order valence-corrected chi connectivity index (χ3v) is 7.74. The number of nitrogens with zero attached hydrogens (tertiary/aromatic N) is 2. The fraction of sp³-hybridized carbons (Fsp3) is 0.448. The summed E-state index contributed by atoms with van der Waals surface area (Å²) in [4.78, 5) is 17.9. The number of carboxylic acids is 1. The second-order valence-corrected chi connectivity index (χ2v) is 10.3. The standard InChI is InChI=1S/C29H31F5N2O3/c1-39-19-4-5-25-20(15-19)27(24(33)17-35-25)21(30)6-7-29(16-26(37)38)8-11-36(12-9-29)10-2-3-18-13-22(31)28(34)23(32)14-18/h4-5,13-15,17,21H,2-3,6-12,16H2,1H3,(H,37,38)/t21-/m0/s1. The van der Waals surface area contributed by atoms with Crippen molar-refractivity contribution >= 4 is 16.9 Å². The molecule has 0 aliphatic carbocycles. The van der Waals surface area contributed by atoms with Crippen molar-refractivity contribution in [2.45, 2.75) is 51.1 Å². The van der Waals surface area contributed by atoms with Crippen LogP contribution in [0.4, 0.5) is 22.0 Å². The smallest absolute Gasteiger partial charge is 0.303 e. The van der Waals surface area contributed by atoms with E-state index in [1.807, 2.05) is 0 Å². The van der Waals surface area contributed by atoms with E-state index in [-0.39, 0.29) is 24.8 Å². The number of halogens is 5. The van der Waals surface area contributed by atoms with Gasteiger partial charge in [-0.15, -0.1) is 0 Å². The number of hydrogen-bond acceptors (Lipinski definition) is 4. The molecule has 4 rings (SSSR count). The van der Waals surface area contributed by atoms with Crippen LogP contribution in [-0.4, -0.2) is 47.7 Å². The number of aliphatic carboxylic acids is 1. The average Bonchev–Trinajstić information content (AvgIpc) is 2.90. The van der Waals surface area contributed by atoms with Crippen molar-refractivity contribution in [3.63, 3.8) is 0 Å². The monoisotopic (exact) mass is 550 g/mol. The summed E-state index contributed by atoms with van der Waals surface area (Å²) in [6.45, 7) is 1.78. The maximum Gasteiger partial charge on any atom is 0.303 e. The number of alkyl halides is 1. The van der Waals surface area contributed by atoms with E-state index < -0.39 is 40.8 Å². The van der Waals surface area contributed by atoms with E-state index in [0.29, 0.717) is 67.5 Å². The van der Waals surface area contributed by atoms with Gasteiger partial charge >= 0.3 is 5.97 Å². The number of carbonyl (C=O) groups is 1. The number of likely N-dealkylation sites (tertiary alicyclic amines) is 1. The molecular formula is C29H31F5N2O3. The first-order chi connectivity index (χ1) is 18.6. The van der Waals surface area contributed by atoms with Crippen LogP contribution in [0.5, 0.6) is 5.75 Å². The van der Waals surface area contributed by atoms with Gasteiger partial charge in [-0.25, -0.2) is 22.0 Å². The molecule has 10 heteroatoms. The molecule has 2 aromatic carbocycles. The fourth-order valence-corrected chi connectivity index (χ4v) is 5.54. The van der Waals surface area contributed by atoms with Gasteiger partial charge in [0.25, 0.3) is 0 Å². The maximum absolute atomic E-state index is 15.6. The Morgan fingerprint density at radius 2 is 1.79 bits per heavy atom. The summed E-state index contributed by atoms with van der Waals surface area (Å²) in [7, 11) is 1.46. The number of methoxy groups -OCH3 is 1. The number of ether oxygens (including phenoxy) is 1. The largest absolute Gasteiger partial charge is 0.497 e. The molecule has 1 fully saturated rings. The number of aromatic nitrogens is 1. The van der Waals surface area contributed by atoms with Crippen LogP contribution in [-0.2, 0) is 11.2 Å². The van der Waals surface area contributed by atoms with E-state index >= 15 is 4.39 Å². The van der Waals surface area contributed by atoms with E-state index in [9.17, 15) is 27.5 Å². The second kappa shape index (κ2) is 12.3. The molecule has 1 saturated heterocycles. The van der Waals surface area contributed by atoms with E-state index in [4.69, 9.17) is 4.74 Å². The molecular weight excluding hydrogens is 519 g/mol. The lowest BCUT2D eigenvalue weighted by Crippen LogP contribution is -2.41. The van der Waals surface area contributed by atoms with E-state index in [1.54, 1.807) is 18.2 Å². The molecule has 1 aliphatic rings. The van der Waals surface area contributed by atoms with Gasteiger partial charge in [0.15, 0.2) is 17.5 Å². The van der Waals surface area contributed by atoms with Crippen molar-refractivity contribution in [1.82, 2.24) is 9.88 Å². The topological polar surface area (TPSA) is 62.7 Å². The number of rotatable bonds is 11. The van der Waals surface area contributed by atoms with Crippen molar-refractivity contribution in [3.05, 3.63) is 70.9 Å². The summed E-state index contributed by atoms with van der Waals surface area (Å²) < 4.78 is 75.6. The van der Waals surface area contributed by atoms with Gasteiger partial charge in [-0.1, -0.05) is 0 Å². The SMILES string of the molecule is COc1ccc2ncc(F)c([C@@H](F)CCC3(CC(=O)O)CCN(CCCc4cc(F)c(F)c(F)c4)CC3)c2c1. The number of pyridine rings is 1. The Labute approximate surface area is 223 Å². The molecule has 0 spiro atoms. The van der Waals surface area contributed by atoms with Crippen LogP contribution < -0.4 is 4.74 Å². The molecule has 5 nitrogen and oxygen atoms in total. The van der Waals surface area contributed by atoms with Crippen molar-refractivity contribution in [1.29, 1.82) is 0 Å². The van der Waals surface area contributed by atoms with Crippen LogP contribution in [0.15, 0.2) is 36.5 Å². The highest BCUT2D eigenvalue weighted by atomic mass is 19.2. The molecule has 0 bridgehead atoms. The Balaban J connectivity index is 1.38. The molecule has 210 valence electrons. The number of hydrogen-bond donors (Lipinski definition) is 1. The molecule has 1 N–H and O–H groups in total. The first-order valence-corrected chi connectivity index (χ1v) is 12.9. The lowest BCUT2D eigenvalue weighted by atomic mass is 9.71. The molecule has 0 saturated carbocycles. The molecule has 39 heavy (non-hydrogen) atoms. The predicted molar refractivity (Wildman–Crippen MR) is 136 cm³/mol. The van der Waals surface area contributed by atoms with Gasteiger partial charge in [0.2, 0.25) is 0 Å². The van der Waals surface area contributed by atoms with Crippen molar-refractivity contribution in [2.24, 2.45) is 5.41 Å². The Morgan fingerprint density at radius 3 is 2.44 bits per heavy atom. The van der Waals surface area contributed by atoms with Crippen molar-refractivity contribution in [2.75, 3.05) is 26.7 Å². The molecule has 2 heterocycles. The Bertz CT molecular complexity index is 1300. The number of aryl methyl sites for hydroxylation is 1. The van der Waals surface area contributed by atoms with Crippen LogP contribution in [0.3, 0.4) is 0 Å². The molecule has 1 aliphatic heterocycles. The van der Waals surface area contributed by atoms with Gasteiger partial charge in [0.1, 0.15) is 17.7 Å². The maximum atomic E-state index is 15.6. The summed E-state index contributed by atoms with van der Waals surface area (Å²) in [6, 6.07) is 6.83. The molecule has 1 aromatic heterocycles. The Hall–Kier alpha value is -3.27. The third-order valence-electron chi connectivity index (χ3n) is 7.74. The molecule has 0 unspecified atom stereocenters. The zero-order chi connectivity index (χ0) is 28.2.